The first-order chi connectivity index (χ1) is 8.88. The minimum atomic E-state index is -0.836. The van der Waals surface area contributed by atoms with Gasteiger partial charge in [-0.05, 0) is 18.9 Å². The van der Waals surface area contributed by atoms with Crippen LogP contribution in [0.3, 0.4) is 0 Å². The first-order valence-electron chi connectivity index (χ1n) is 6.41. The van der Waals surface area contributed by atoms with Gasteiger partial charge in [0.25, 0.3) is 0 Å². The normalized spacial score (nSPS) is 19.4. The van der Waals surface area contributed by atoms with E-state index in [4.69, 9.17) is 5.11 Å². The first-order valence-corrected chi connectivity index (χ1v) is 6.41. The number of hydrogen-bond acceptors (Lipinski definition) is 4. The molecule has 1 rings (SSSR count). The molecule has 19 heavy (non-hydrogen) atoms. The van der Waals surface area contributed by atoms with Gasteiger partial charge in [0, 0.05) is 13.1 Å². The second-order valence-corrected chi connectivity index (χ2v) is 5.21. The van der Waals surface area contributed by atoms with Crippen molar-refractivity contribution in [2.24, 2.45) is 11.8 Å². The summed E-state index contributed by atoms with van der Waals surface area (Å²) >= 11 is 0. The summed E-state index contributed by atoms with van der Waals surface area (Å²) in [4.78, 5) is 35.4. The molecule has 0 aromatic heterocycles. The molecule has 0 aromatic carbocycles. The van der Waals surface area contributed by atoms with E-state index in [2.05, 4.69) is 10.6 Å². The molecule has 1 aliphatic rings. The Morgan fingerprint density at radius 2 is 2.05 bits per heavy atom. The lowest BCUT2D eigenvalue weighted by Crippen LogP contribution is -2.45. The summed E-state index contributed by atoms with van der Waals surface area (Å²) in [6, 6.07) is -0.507. The molecule has 1 aliphatic heterocycles. The quantitative estimate of drug-likeness (QED) is 0.647. The topological polar surface area (TPSA) is 98.7 Å². The molecule has 108 valence electrons. The number of nitrogens with one attached hydrogen (secondary N) is 2. The maximum atomic E-state index is 11.6. The highest BCUT2D eigenvalue weighted by atomic mass is 16.4. The van der Waals surface area contributed by atoms with Crippen molar-refractivity contribution in [3.63, 3.8) is 0 Å². The molecule has 1 heterocycles. The molecule has 1 fully saturated rings. The van der Waals surface area contributed by atoms with Crippen molar-refractivity contribution in [1.29, 1.82) is 0 Å². The summed E-state index contributed by atoms with van der Waals surface area (Å²) in [7, 11) is 0. The Labute approximate surface area is 112 Å². The fourth-order valence-corrected chi connectivity index (χ4v) is 1.89. The number of amides is 3. The summed E-state index contributed by atoms with van der Waals surface area (Å²) < 4.78 is 0. The van der Waals surface area contributed by atoms with Gasteiger partial charge in [-0.25, -0.2) is 4.79 Å². The number of imide groups is 1. The largest absolute Gasteiger partial charge is 0.481 e. The lowest BCUT2D eigenvalue weighted by atomic mass is 10.1. The average Bonchev–Trinajstić information content (AvgIpc) is 2.74. The monoisotopic (exact) mass is 271 g/mol. The Balaban J connectivity index is 2.25. The van der Waals surface area contributed by atoms with Crippen LogP contribution in [0.15, 0.2) is 0 Å². The van der Waals surface area contributed by atoms with Gasteiger partial charge in [-0.1, -0.05) is 13.8 Å². The number of nitrogens with zero attached hydrogens (tertiary/aromatic N) is 1. The number of carboxylic acid groups (broad SMARTS) is 1. The van der Waals surface area contributed by atoms with Crippen molar-refractivity contribution < 1.29 is 19.5 Å². The summed E-state index contributed by atoms with van der Waals surface area (Å²) in [6.45, 7) is 5.40. The minimum absolute atomic E-state index is 0.0544. The summed E-state index contributed by atoms with van der Waals surface area (Å²) in [6.07, 6.45) is 0.544. The van der Waals surface area contributed by atoms with Crippen molar-refractivity contribution in [1.82, 2.24) is 15.5 Å². The molecule has 0 radical (unpaired) electrons. The fourth-order valence-electron chi connectivity index (χ4n) is 1.89. The van der Waals surface area contributed by atoms with Gasteiger partial charge >= 0.3 is 12.0 Å². The van der Waals surface area contributed by atoms with Crippen LogP contribution in [0, 0.1) is 11.8 Å². The first kappa shape index (κ1) is 15.4. The van der Waals surface area contributed by atoms with Crippen LogP contribution >= 0.6 is 0 Å². The maximum absolute atomic E-state index is 11.6. The van der Waals surface area contributed by atoms with Gasteiger partial charge < -0.3 is 10.4 Å². The third-order valence-corrected chi connectivity index (χ3v) is 2.91. The zero-order valence-electron chi connectivity index (χ0n) is 11.3. The highest BCUT2D eigenvalue weighted by Crippen LogP contribution is 2.15. The number of rotatable bonds is 5. The molecule has 0 aliphatic carbocycles. The second kappa shape index (κ2) is 7.08. The SMILES string of the molecule is CC(C)CNC(=O)NC(=O)CN1CCC(C(=O)O)C1. The molecule has 7 nitrogen and oxygen atoms in total. The van der Waals surface area contributed by atoms with Crippen molar-refractivity contribution in [3.8, 4) is 0 Å². The molecular formula is C12H21N3O4. The highest BCUT2D eigenvalue weighted by Gasteiger charge is 2.29. The molecule has 1 unspecified atom stereocenters. The minimum Gasteiger partial charge on any atom is -0.481 e. The Morgan fingerprint density at radius 3 is 2.58 bits per heavy atom. The van der Waals surface area contributed by atoms with E-state index in [-0.39, 0.29) is 6.54 Å². The number of hydrogen-bond donors (Lipinski definition) is 3. The van der Waals surface area contributed by atoms with E-state index in [9.17, 15) is 14.4 Å². The Bertz CT molecular complexity index is 357. The van der Waals surface area contributed by atoms with Crippen LogP contribution in [0.4, 0.5) is 4.79 Å². The molecule has 1 atom stereocenters. The predicted molar refractivity (Wildman–Crippen MR) is 68.6 cm³/mol. The number of carbonyl (C=O) groups excluding carboxylic acids is 2. The van der Waals surface area contributed by atoms with Gasteiger partial charge in [-0.3, -0.25) is 19.8 Å². The predicted octanol–water partition coefficient (Wildman–Crippen LogP) is -0.125. The molecule has 3 amide bonds. The van der Waals surface area contributed by atoms with Crippen LogP contribution in [0.25, 0.3) is 0 Å². The number of carbonyl (C=O) groups is 3. The highest BCUT2D eigenvalue weighted by molar-refractivity contribution is 5.95. The zero-order chi connectivity index (χ0) is 14.4. The molecule has 0 spiro atoms. The van der Waals surface area contributed by atoms with E-state index in [1.165, 1.54) is 0 Å². The van der Waals surface area contributed by atoms with Crippen LogP contribution < -0.4 is 10.6 Å². The Morgan fingerprint density at radius 1 is 1.37 bits per heavy atom. The molecule has 1 saturated heterocycles. The summed E-state index contributed by atoms with van der Waals surface area (Å²) in [5.41, 5.74) is 0. The Hall–Kier alpha value is -1.63. The number of aliphatic carboxylic acids is 1. The van der Waals surface area contributed by atoms with Crippen LogP contribution in [-0.2, 0) is 9.59 Å². The van der Waals surface area contributed by atoms with Crippen molar-refractivity contribution in [2.45, 2.75) is 20.3 Å². The molecule has 0 saturated carbocycles. The molecule has 3 N–H and O–H groups in total. The molecular weight excluding hydrogens is 250 g/mol. The van der Waals surface area contributed by atoms with E-state index in [1.54, 1.807) is 4.90 Å². The molecule has 7 heteroatoms. The summed E-state index contributed by atoms with van der Waals surface area (Å²) in [5.74, 6) is -1.34. The third-order valence-electron chi connectivity index (χ3n) is 2.91. The number of likely N-dealkylation sites (tertiary alicyclic amines) is 1. The Kier molecular flexibility index (Phi) is 5.75. The third kappa shape index (κ3) is 5.69. The number of carboxylic acids is 1. The molecule has 0 aromatic rings. The molecule has 0 bridgehead atoms. The van der Waals surface area contributed by atoms with Gasteiger partial charge in [0.05, 0.1) is 12.5 Å². The van der Waals surface area contributed by atoms with Crippen molar-refractivity contribution >= 4 is 17.9 Å². The van der Waals surface area contributed by atoms with E-state index in [0.29, 0.717) is 32.0 Å². The average molecular weight is 271 g/mol. The van der Waals surface area contributed by atoms with Crippen molar-refractivity contribution in [3.05, 3.63) is 0 Å². The lowest BCUT2D eigenvalue weighted by molar-refractivity contribution is -0.141. The van der Waals surface area contributed by atoms with Gasteiger partial charge in [0.2, 0.25) is 5.91 Å². The fraction of sp³-hybridized carbons (Fsp3) is 0.750. The van der Waals surface area contributed by atoms with Crippen molar-refractivity contribution in [2.75, 3.05) is 26.2 Å². The van der Waals surface area contributed by atoms with E-state index in [1.807, 2.05) is 13.8 Å². The summed E-state index contributed by atoms with van der Waals surface area (Å²) in [5, 5.41) is 13.7. The van der Waals surface area contributed by atoms with Gasteiger partial charge in [-0.2, -0.15) is 0 Å². The zero-order valence-corrected chi connectivity index (χ0v) is 11.3. The lowest BCUT2D eigenvalue weighted by Gasteiger charge is -2.14. The van der Waals surface area contributed by atoms with E-state index in [0.717, 1.165) is 0 Å². The van der Waals surface area contributed by atoms with Crippen LogP contribution in [0.2, 0.25) is 0 Å². The van der Waals surface area contributed by atoms with E-state index < -0.39 is 23.8 Å². The maximum Gasteiger partial charge on any atom is 0.321 e. The van der Waals surface area contributed by atoms with Crippen LogP contribution in [0.5, 0.6) is 0 Å². The van der Waals surface area contributed by atoms with Gasteiger partial charge in [0.1, 0.15) is 0 Å². The van der Waals surface area contributed by atoms with Crippen LogP contribution in [-0.4, -0.2) is 54.1 Å². The smallest absolute Gasteiger partial charge is 0.321 e. The second-order valence-electron chi connectivity index (χ2n) is 5.21. The van der Waals surface area contributed by atoms with Gasteiger partial charge in [-0.15, -0.1) is 0 Å². The standard InChI is InChI=1S/C12H21N3O4/c1-8(2)5-13-12(19)14-10(16)7-15-4-3-9(6-15)11(17)18/h8-9H,3-7H2,1-2H3,(H,17,18)(H2,13,14,16,19). The van der Waals surface area contributed by atoms with Gasteiger partial charge in [0.15, 0.2) is 0 Å². The number of urea groups is 1. The van der Waals surface area contributed by atoms with Crippen LogP contribution in [0.1, 0.15) is 20.3 Å². The van der Waals surface area contributed by atoms with E-state index >= 15 is 0 Å².